The minimum atomic E-state index is -3.57. The molecule has 2 aromatic carbocycles. The molecule has 0 saturated carbocycles. The molecule has 0 aromatic heterocycles. The molecule has 1 N–H and O–H groups in total. The molecule has 5 heteroatoms. The smallest absolute Gasteiger partial charge is 0.261 e. The van der Waals surface area contributed by atoms with Gasteiger partial charge in [0.05, 0.1) is 4.90 Å². The Labute approximate surface area is 118 Å². The number of anilines is 1. The fourth-order valence-electron chi connectivity index (χ4n) is 1.75. The van der Waals surface area contributed by atoms with Crippen molar-refractivity contribution in [2.45, 2.75) is 17.7 Å². The van der Waals surface area contributed by atoms with Crippen LogP contribution in [0, 0.1) is 0 Å². The first-order valence-electron chi connectivity index (χ1n) is 6.16. The molecule has 0 aliphatic heterocycles. The minimum Gasteiger partial charge on any atom is -0.303 e. The first kappa shape index (κ1) is 14.3. The van der Waals surface area contributed by atoms with Crippen LogP contribution >= 0.6 is 0 Å². The zero-order valence-electron chi connectivity index (χ0n) is 11.0. The lowest BCUT2D eigenvalue weighted by Crippen LogP contribution is -2.12. The van der Waals surface area contributed by atoms with Crippen LogP contribution in [0.4, 0.5) is 5.69 Å². The first-order chi connectivity index (χ1) is 9.53. The highest BCUT2D eigenvalue weighted by atomic mass is 32.2. The number of benzene rings is 2. The summed E-state index contributed by atoms with van der Waals surface area (Å²) in [5.74, 6) is -0.199. The summed E-state index contributed by atoms with van der Waals surface area (Å²) >= 11 is 0. The molecule has 0 radical (unpaired) electrons. The lowest BCUT2D eigenvalue weighted by Gasteiger charge is -2.09. The highest BCUT2D eigenvalue weighted by Crippen LogP contribution is 2.19. The molecule has 0 aliphatic carbocycles. The van der Waals surface area contributed by atoms with Gasteiger partial charge in [-0.1, -0.05) is 37.3 Å². The van der Waals surface area contributed by atoms with Crippen molar-refractivity contribution in [3.8, 4) is 0 Å². The van der Waals surface area contributed by atoms with Crippen LogP contribution in [0.5, 0.6) is 0 Å². The highest BCUT2D eigenvalue weighted by Gasteiger charge is 2.13. The van der Waals surface area contributed by atoms with E-state index in [1.165, 1.54) is 12.1 Å². The van der Waals surface area contributed by atoms with E-state index in [1.807, 2.05) is 0 Å². The number of carbonyl (C=O) groups is 1. The molecule has 0 amide bonds. The Bertz CT molecular complexity index is 679. The Morgan fingerprint density at radius 2 is 1.60 bits per heavy atom. The highest BCUT2D eigenvalue weighted by molar-refractivity contribution is 7.92. The fourth-order valence-corrected chi connectivity index (χ4v) is 2.83. The average Bonchev–Trinajstić information content (AvgIpc) is 2.48. The molecule has 2 aromatic rings. The molecule has 20 heavy (non-hydrogen) atoms. The van der Waals surface area contributed by atoms with E-state index in [4.69, 9.17) is 0 Å². The van der Waals surface area contributed by atoms with E-state index < -0.39 is 10.0 Å². The molecule has 104 valence electrons. The van der Waals surface area contributed by atoms with Gasteiger partial charge in [0.2, 0.25) is 0 Å². The number of hydrogen-bond donors (Lipinski definition) is 1. The number of rotatable bonds is 5. The van der Waals surface area contributed by atoms with Crippen molar-refractivity contribution in [1.29, 1.82) is 0 Å². The summed E-state index contributed by atoms with van der Waals surface area (Å²) in [6, 6.07) is 14.9. The Hall–Kier alpha value is -2.14. The number of nitrogens with one attached hydrogen (secondary N) is 1. The van der Waals surface area contributed by atoms with Gasteiger partial charge < -0.3 is 4.79 Å². The SMILES string of the molecule is C[C@@H](C=O)c1ccc(NS(=O)(=O)c2ccccc2)cc1. The van der Waals surface area contributed by atoms with Gasteiger partial charge in [0.25, 0.3) is 10.0 Å². The predicted molar refractivity (Wildman–Crippen MR) is 78.2 cm³/mol. The van der Waals surface area contributed by atoms with Gasteiger partial charge in [0.15, 0.2) is 0 Å². The van der Waals surface area contributed by atoms with Crippen LogP contribution in [0.3, 0.4) is 0 Å². The second kappa shape index (κ2) is 5.88. The molecule has 0 aliphatic rings. The summed E-state index contributed by atoms with van der Waals surface area (Å²) in [6.45, 7) is 1.79. The lowest BCUT2D eigenvalue weighted by atomic mass is 10.0. The molecular formula is C15H15NO3S. The maximum Gasteiger partial charge on any atom is 0.261 e. The Morgan fingerprint density at radius 1 is 1.00 bits per heavy atom. The number of aldehydes is 1. The normalized spacial score (nSPS) is 12.7. The summed E-state index contributed by atoms with van der Waals surface area (Å²) < 4.78 is 26.7. The van der Waals surface area contributed by atoms with Gasteiger partial charge in [0.1, 0.15) is 6.29 Å². The van der Waals surface area contributed by atoms with E-state index in [9.17, 15) is 13.2 Å². The van der Waals surface area contributed by atoms with Crippen molar-refractivity contribution < 1.29 is 13.2 Å². The van der Waals surface area contributed by atoms with Crippen molar-refractivity contribution >= 4 is 22.0 Å². The monoisotopic (exact) mass is 289 g/mol. The van der Waals surface area contributed by atoms with Crippen molar-refractivity contribution in [2.24, 2.45) is 0 Å². The zero-order valence-corrected chi connectivity index (χ0v) is 11.8. The molecule has 0 spiro atoms. The Balaban J connectivity index is 2.20. The molecule has 0 fully saturated rings. The summed E-state index contributed by atoms with van der Waals surface area (Å²) in [5.41, 5.74) is 1.32. The number of carbonyl (C=O) groups excluding carboxylic acids is 1. The Morgan fingerprint density at radius 3 is 2.15 bits per heavy atom. The third kappa shape index (κ3) is 3.24. The third-order valence-electron chi connectivity index (χ3n) is 2.95. The molecule has 0 saturated heterocycles. The molecule has 2 rings (SSSR count). The summed E-state index contributed by atoms with van der Waals surface area (Å²) in [6.07, 6.45) is 0.850. The second-order valence-electron chi connectivity index (χ2n) is 4.47. The molecule has 0 unspecified atom stereocenters. The van der Waals surface area contributed by atoms with Gasteiger partial charge >= 0.3 is 0 Å². The van der Waals surface area contributed by atoms with Gasteiger partial charge in [-0.2, -0.15) is 0 Å². The van der Waals surface area contributed by atoms with Crippen molar-refractivity contribution in [3.63, 3.8) is 0 Å². The van der Waals surface area contributed by atoms with E-state index in [0.717, 1.165) is 11.8 Å². The van der Waals surface area contributed by atoms with Crippen molar-refractivity contribution in [3.05, 3.63) is 60.2 Å². The van der Waals surface area contributed by atoms with Crippen LogP contribution in [-0.2, 0) is 14.8 Å². The quantitative estimate of drug-likeness (QED) is 0.861. The van der Waals surface area contributed by atoms with Gasteiger partial charge in [-0.15, -0.1) is 0 Å². The van der Waals surface area contributed by atoms with Crippen LogP contribution < -0.4 is 4.72 Å². The summed E-state index contributed by atoms with van der Waals surface area (Å²) in [7, 11) is -3.57. The van der Waals surface area contributed by atoms with Gasteiger partial charge in [0, 0.05) is 11.6 Å². The van der Waals surface area contributed by atoms with Gasteiger partial charge in [-0.25, -0.2) is 8.42 Å². The van der Waals surface area contributed by atoms with Crippen LogP contribution in [0.2, 0.25) is 0 Å². The van der Waals surface area contributed by atoms with Gasteiger partial charge in [-0.05, 0) is 29.8 Å². The molecule has 1 atom stereocenters. The van der Waals surface area contributed by atoms with Crippen molar-refractivity contribution in [2.75, 3.05) is 4.72 Å². The van der Waals surface area contributed by atoms with Crippen LogP contribution in [0.1, 0.15) is 18.4 Å². The van der Waals surface area contributed by atoms with E-state index in [-0.39, 0.29) is 10.8 Å². The second-order valence-corrected chi connectivity index (χ2v) is 6.15. The van der Waals surface area contributed by atoms with Crippen LogP contribution in [0.15, 0.2) is 59.5 Å². The topological polar surface area (TPSA) is 63.2 Å². The van der Waals surface area contributed by atoms with E-state index in [0.29, 0.717) is 5.69 Å². The maximum atomic E-state index is 12.1. The maximum absolute atomic E-state index is 12.1. The summed E-state index contributed by atoms with van der Waals surface area (Å²) in [4.78, 5) is 10.9. The number of sulfonamides is 1. The predicted octanol–water partition coefficient (Wildman–Crippen LogP) is 2.79. The molecule has 0 heterocycles. The first-order valence-corrected chi connectivity index (χ1v) is 7.64. The van der Waals surface area contributed by atoms with Crippen molar-refractivity contribution in [1.82, 2.24) is 0 Å². The third-order valence-corrected chi connectivity index (χ3v) is 4.34. The minimum absolute atomic E-state index is 0.199. The standard InChI is InChI=1S/C15H15NO3S/c1-12(11-17)13-7-9-14(10-8-13)16-20(18,19)15-5-3-2-4-6-15/h2-12,16H,1H3/t12-/m0/s1. The van der Waals surface area contributed by atoms with E-state index in [1.54, 1.807) is 49.4 Å². The molecular weight excluding hydrogens is 274 g/mol. The van der Waals surface area contributed by atoms with E-state index >= 15 is 0 Å². The number of hydrogen-bond acceptors (Lipinski definition) is 3. The summed E-state index contributed by atoms with van der Waals surface area (Å²) in [5, 5.41) is 0. The zero-order chi connectivity index (χ0) is 14.6. The van der Waals surface area contributed by atoms with E-state index in [2.05, 4.69) is 4.72 Å². The van der Waals surface area contributed by atoms with Crippen LogP contribution in [-0.4, -0.2) is 14.7 Å². The fraction of sp³-hybridized carbons (Fsp3) is 0.133. The Kier molecular flexibility index (Phi) is 4.20. The van der Waals surface area contributed by atoms with Gasteiger partial charge in [-0.3, -0.25) is 4.72 Å². The lowest BCUT2D eigenvalue weighted by molar-refractivity contribution is -0.108. The average molecular weight is 289 g/mol. The van der Waals surface area contributed by atoms with Crippen LogP contribution in [0.25, 0.3) is 0 Å². The molecule has 0 bridgehead atoms. The molecule has 4 nitrogen and oxygen atoms in total. The largest absolute Gasteiger partial charge is 0.303 e.